The van der Waals surface area contributed by atoms with E-state index in [4.69, 9.17) is 0 Å². The summed E-state index contributed by atoms with van der Waals surface area (Å²) >= 11 is 3.42. The van der Waals surface area contributed by atoms with Crippen molar-refractivity contribution in [1.29, 1.82) is 0 Å². The second-order valence-corrected chi connectivity index (χ2v) is 12.2. The number of hydrogen-bond donors (Lipinski definition) is 1. The SMILES string of the molecule is CCC(C)NC(=O)C(C)N(Cc1ccc(Br)cc1)C(=O)CCCN(c1cc(C)ccc1C)S(C)(=O)=O. The number of anilines is 1. The Kier molecular flexibility index (Phi) is 11.0. The predicted molar refractivity (Wildman–Crippen MR) is 149 cm³/mol. The highest BCUT2D eigenvalue weighted by molar-refractivity contribution is 9.10. The molecule has 0 fully saturated rings. The van der Waals surface area contributed by atoms with Crippen molar-refractivity contribution in [3.8, 4) is 0 Å². The molecule has 0 heterocycles. The van der Waals surface area contributed by atoms with Crippen LogP contribution in [0.2, 0.25) is 0 Å². The number of rotatable bonds is 12. The van der Waals surface area contributed by atoms with E-state index in [0.717, 1.165) is 27.6 Å². The van der Waals surface area contributed by atoms with Gasteiger partial charge in [-0.2, -0.15) is 0 Å². The van der Waals surface area contributed by atoms with Crippen LogP contribution in [-0.4, -0.2) is 50.0 Å². The van der Waals surface area contributed by atoms with Gasteiger partial charge in [0.15, 0.2) is 0 Å². The molecular formula is C27H38BrN3O4S. The number of aryl methyl sites for hydroxylation is 2. The molecule has 2 unspecified atom stereocenters. The number of halogens is 1. The molecular weight excluding hydrogens is 542 g/mol. The van der Waals surface area contributed by atoms with Crippen LogP contribution in [-0.2, 0) is 26.2 Å². The molecule has 9 heteroatoms. The summed E-state index contributed by atoms with van der Waals surface area (Å²) in [6.45, 7) is 9.90. The molecule has 1 N–H and O–H groups in total. The van der Waals surface area contributed by atoms with Gasteiger partial charge in [0.2, 0.25) is 21.8 Å². The third kappa shape index (κ3) is 8.62. The number of nitrogens with one attached hydrogen (secondary N) is 1. The molecule has 2 aromatic carbocycles. The van der Waals surface area contributed by atoms with E-state index in [1.54, 1.807) is 11.8 Å². The molecule has 0 spiro atoms. The van der Waals surface area contributed by atoms with Gasteiger partial charge >= 0.3 is 0 Å². The zero-order valence-electron chi connectivity index (χ0n) is 22.0. The van der Waals surface area contributed by atoms with Crippen molar-refractivity contribution in [3.63, 3.8) is 0 Å². The van der Waals surface area contributed by atoms with Gasteiger partial charge in [-0.1, -0.05) is 47.1 Å². The number of hydrogen-bond acceptors (Lipinski definition) is 4. The molecule has 198 valence electrons. The lowest BCUT2D eigenvalue weighted by atomic mass is 10.1. The van der Waals surface area contributed by atoms with Crippen molar-refractivity contribution in [3.05, 3.63) is 63.6 Å². The first kappa shape index (κ1) is 29.8. The molecule has 0 aromatic heterocycles. The Labute approximate surface area is 224 Å². The molecule has 0 radical (unpaired) electrons. The topological polar surface area (TPSA) is 86.8 Å². The highest BCUT2D eigenvalue weighted by Gasteiger charge is 2.27. The first-order valence-electron chi connectivity index (χ1n) is 12.2. The van der Waals surface area contributed by atoms with E-state index in [1.807, 2.05) is 70.2 Å². The summed E-state index contributed by atoms with van der Waals surface area (Å²) in [4.78, 5) is 27.8. The average Bonchev–Trinajstić information content (AvgIpc) is 2.81. The van der Waals surface area contributed by atoms with Crippen LogP contribution >= 0.6 is 15.9 Å². The van der Waals surface area contributed by atoms with E-state index in [0.29, 0.717) is 12.1 Å². The molecule has 0 aliphatic carbocycles. The van der Waals surface area contributed by atoms with Gasteiger partial charge in [0.1, 0.15) is 6.04 Å². The van der Waals surface area contributed by atoms with Gasteiger partial charge in [0, 0.05) is 30.0 Å². The fourth-order valence-electron chi connectivity index (χ4n) is 3.81. The highest BCUT2D eigenvalue weighted by atomic mass is 79.9. The molecule has 2 amide bonds. The Hall–Kier alpha value is -2.39. The second-order valence-electron chi connectivity index (χ2n) is 9.37. The van der Waals surface area contributed by atoms with Gasteiger partial charge in [-0.15, -0.1) is 0 Å². The standard InChI is InChI=1S/C27H38BrN3O4S/c1-7-21(4)29-27(33)22(5)30(18-23-12-14-24(28)15-13-23)26(32)9-8-16-31(36(6,34)35)25-17-19(2)10-11-20(25)3/h10-15,17,21-22H,7-9,16,18H2,1-6H3,(H,29,33). The van der Waals surface area contributed by atoms with Crippen molar-refractivity contribution in [1.82, 2.24) is 10.2 Å². The van der Waals surface area contributed by atoms with Gasteiger partial charge in [-0.25, -0.2) is 8.42 Å². The van der Waals surface area contributed by atoms with E-state index in [9.17, 15) is 18.0 Å². The van der Waals surface area contributed by atoms with Gasteiger partial charge in [-0.3, -0.25) is 13.9 Å². The maximum atomic E-state index is 13.4. The lowest BCUT2D eigenvalue weighted by molar-refractivity contribution is -0.140. The van der Waals surface area contributed by atoms with Crippen molar-refractivity contribution in [2.75, 3.05) is 17.1 Å². The fraction of sp³-hybridized carbons (Fsp3) is 0.481. The third-order valence-corrected chi connectivity index (χ3v) is 7.93. The Balaban J connectivity index is 2.20. The largest absolute Gasteiger partial charge is 0.352 e. The molecule has 0 bridgehead atoms. The molecule has 2 aromatic rings. The van der Waals surface area contributed by atoms with Crippen molar-refractivity contribution in [2.45, 2.75) is 72.5 Å². The maximum absolute atomic E-state index is 13.4. The summed E-state index contributed by atoms with van der Waals surface area (Å²) in [5.74, 6) is -0.401. The molecule has 2 atom stereocenters. The summed E-state index contributed by atoms with van der Waals surface area (Å²) in [6, 6.07) is 12.6. The Morgan fingerprint density at radius 2 is 1.69 bits per heavy atom. The van der Waals surface area contributed by atoms with Crippen molar-refractivity contribution < 1.29 is 18.0 Å². The van der Waals surface area contributed by atoms with Crippen LogP contribution in [0.15, 0.2) is 46.9 Å². The summed E-state index contributed by atoms with van der Waals surface area (Å²) in [5.41, 5.74) is 3.34. The van der Waals surface area contributed by atoms with E-state index < -0.39 is 16.1 Å². The first-order valence-corrected chi connectivity index (χ1v) is 14.9. The van der Waals surface area contributed by atoms with Crippen molar-refractivity contribution in [2.24, 2.45) is 0 Å². The number of carbonyl (C=O) groups is 2. The van der Waals surface area contributed by atoms with Crippen LogP contribution in [0.4, 0.5) is 5.69 Å². The van der Waals surface area contributed by atoms with Crippen LogP contribution in [0.1, 0.15) is 56.7 Å². The van der Waals surface area contributed by atoms with Crippen LogP contribution in [0.25, 0.3) is 0 Å². The van der Waals surface area contributed by atoms with E-state index in [-0.39, 0.29) is 37.4 Å². The molecule has 0 saturated heterocycles. The predicted octanol–water partition coefficient (Wildman–Crippen LogP) is 4.94. The Morgan fingerprint density at radius 3 is 2.28 bits per heavy atom. The Morgan fingerprint density at radius 1 is 1.06 bits per heavy atom. The molecule has 0 aliphatic heterocycles. The summed E-state index contributed by atoms with van der Waals surface area (Å²) in [6.07, 6.45) is 2.42. The first-order chi connectivity index (χ1) is 16.8. The van der Waals surface area contributed by atoms with Crippen LogP contribution in [0.3, 0.4) is 0 Å². The zero-order chi connectivity index (χ0) is 27.0. The molecule has 7 nitrogen and oxygen atoms in total. The number of nitrogens with zero attached hydrogens (tertiary/aromatic N) is 2. The third-order valence-electron chi connectivity index (χ3n) is 6.22. The van der Waals surface area contributed by atoms with E-state index in [1.165, 1.54) is 10.6 Å². The minimum atomic E-state index is -3.53. The number of benzene rings is 2. The highest BCUT2D eigenvalue weighted by Crippen LogP contribution is 2.25. The van der Waals surface area contributed by atoms with E-state index >= 15 is 0 Å². The summed E-state index contributed by atoms with van der Waals surface area (Å²) < 4.78 is 27.4. The molecule has 36 heavy (non-hydrogen) atoms. The monoisotopic (exact) mass is 579 g/mol. The second kappa shape index (κ2) is 13.2. The number of sulfonamides is 1. The molecule has 2 rings (SSSR count). The zero-order valence-corrected chi connectivity index (χ0v) is 24.4. The maximum Gasteiger partial charge on any atom is 0.242 e. The molecule has 0 aliphatic rings. The lowest BCUT2D eigenvalue weighted by Gasteiger charge is -2.30. The van der Waals surface area contributed by atoms with Gasteiger partial charge < -0.3 is 10.2 Å². The van der Waals surface area contributed by atoms with Gasteiger partial charge in [-0.05, 0) is 75.4 Å². The lowest BCUT2D eigenvalue weighted by Crippen LogP contribution is -2.49. The fourth-order valence-corrected chi connectivity index (χ4v) is 5.08. The van der Waals surface area contributed by atoms with E-state index in [2.05, 4.69) is 21.2 Å². The van der Waals surface area contributed by atoms with Crippen LogP contribution in [0, 0.1) is 13.8 Å². The van der Waals surface area contributed by atoms with Crippen LogP contribution in [0.5, 0.6) is 0 Å². The average molecular weight is 581 g/mol. The van der Waals surface area contributed by atoms with Crippen LogP contribution < -0.4 is 9.62 Å². The quantitative estimate of drug-likeness (QED) is 0.385. The van der Waals surface area contributed by atoms with Gasteiger partial charge in [0.25, 0.3) is 0 Å². The number of carbonyl (C=O) groups excluding carboxylic acids is 2. The normalized spacial score (nSPS) is 13.1. The smallest absolute Gasteiger partial charge is 0.242 e. The van der Waals surface area contributed by atoms with Gasteiger partial charge in [0.05, 0.1) is 11.9 Å². The minimum absolute atomic E-state index is 0.00507. The minimum Gasteiger partial charge on any atom is -0.352 e. The van der Waals surface area contributed by atoms with Crippen molar-refractivity contribution >= 4 is 43.5 Å². The summed E-state index contributed by atoms with van der Waals surface area (Å²) in [5, 5.41) is 2.96. The molecule has 0 saturated carbocycles. The summed E-state index contributed by atoms with van der Waals surface area (Å²) in [7, 11) is -3.53. The Bertz CT molecular complexity index is 1150. The number of amides is 2.